The lowest BCUT2D eigenvalue weighted by Crippen LogP contribution is -2.21. The number of rotatable bonds is 3. The van der Waals surface area contributed by atoms with Crippen LogP contribution in [-0.2, 0) is 11.3 Å². The largest absolute Gasteiger partial charge is 0.478 e. The van der Waals surface area contributed by atoms with Gasteiger partial charge in [-0.05, 0) is 37.1 Å². The van der Waals surface area contributed by atoms with Gasteiger partial charge in [-0.25, -0.2) is 9.97 Å². The summed E-state index contributed by atoms with van der Waals surface area (Å²) in [6.45, 7) is 5.01. The van der Waals surface area contributed by atoms with E-state index in [4.69, 9.17) is 9.72 Å². The average Bonchev–Trinajstić information content (AvgIpc) is 2.87. The monoisotopic (exact) mass is 336 g/mol. The predicted molar refractivity (Wildman–Crippen MR) is 93.6 cm³/mol. The molecule has 0 bridgehead atoms. The molecule has 3 aromatic rings. The summed E-state index contributed by atoms with van der Waals surface area (Å²) < 4.78 is 7.51. The van der Waals surface area contributed by atoms with E-state index in [2.05, 4.69) is 33.8 Å². The number of hydrogen-bond donors (Lipinski definition) is 1. The number of nitrogens with zero attached hydrogens (tertiary/aromatic N) is 3. The van der Waals surface area contributed by atoms with Gasteiger partial charge in [0.15, 0.2) is 0 Å². The van der Waals surface area contributed by atoms with Crippen molar-refractivity contribution in [1.29, 1.82) is 0 Å². The van der Waals surface area contributed by atoms with Crippen LogP contribution in [0.1, 0.15) is 41.8 Å². The van der Waals surface area contributed by atoms with Crippen LogP contribution in [0.25, 0.3) is 5.65 Å². The Balaban J connectivity index is 1.84. The molecule has 1 N–H and O–H groups in total. The van der Waals surface area contributed by atoms with E-state index in [1.54, 1.807) is 6.20 Å². The summed E-state index contributed by atoms with van der Waals surface area (Å²) in [5, 5.41) is 2.95. The van der Waals surface area contributed by atoms with E-state index in [0.717, 1.165) is 28.2 Å². The molecule has 3 aromatic heterocycles. The van der Waals surface area contributed by atoms with Crippen molar-refractivity contribution in [3.63, 3.8) is 0 Å². The highest BCUT2D eigenvalue weighted by molar-refractivity contribution is 5.78. The minimum Gasteiger partial charge on any atom is -0.478 e. The summed E-state index contributed by atoms with van der Waals surface area (Å²) in [6, 6.07) is 7.96. The van der Waals surface area contributed by atoms with Crippen LogP contribution in [0.4, 0.5) is 0 Å². The third-order valence-electron chi connectivity index (χ3n) is 4.52. The standard InChI is InChI=1S/C19H20N4O2/c1-3-25-18-5-4-13(10-21-18)14-9-17(24)20-11-15-19(14)23-7-6-12(2)8-16(23)22-15/h4-8,10,14H,3,9,11H2,1-2H3,(H,20,24). The second-order valence-electron chi connectivity index (χ2n) is 6.27. The van der Waals surface area contributed by atoms with Crippen LogP contribution in [0.15, 0.2) is 36.7 Å². The predicted octanol–water partition coefficient (Wildman–Crippen LogP) is 2.59. The van der Waals surface area contributed by atoms with Crippen LogP contribution in [0.3, 0.4) is 0 Å². The first kappa shape index (κ1) is 15.6. The number of aromatic nitrogens is 3. The van der Waals surface area contributed by atoms with Crippen molar-refractivity contribution in [2.24, 2.45) is 0 Å². The zero-order valence-electron chi connectivity index (χ0n) is 14.3. The lowest BCUT2D eigenvalue weighted by Gasteiger charge is -2.16. The first-order valence-corrected chi connectivity index (χ1v) is 8.48. The second-order valence-corrected chi connectivity index (χ2v) is 6.27. The molecule has 0 saturated heterocycles. The number of aryl methyl sites for hydroxylation is 1. The van der Waals surface area contributed by atoms with Crippen LogP contribution in [0, 0.1) is 6.92 Å². The molecular formula is C19H20N4O2. The molecule has 4 heterocycles. The normalized spacial score (nSPS) is 17.0. The molecule has 0 saturated carbocycles. The Kier molecular flexibility index (Phi) is 3.87. The van der Waals surface area contributed by atoms with E-state index in [9.17, 15) is 4.79 Å². The van der Waals surface area contributed by atoms with Gasteiger partial charge in [0.05, 0.1) is 24.5 Å². The summed E-state index contributed by atoms with van der Waals surface area (Å²) in [7, 11) is 0. The minimum absolute atomic E-state index is 0.0257. The van der Waals surface area contributed by atoms with Crippen LogP contribution in [0.5, 0.6) is 5.88 Å². The molecule has 1 unspecified atom stereocenters. The molecule has 1 aliphatic heterocycles. The minimum atomic E-state index is -0.0848. The number of amides is 1. The van der Waals surface area contributed by atoms with Crippen molar-refractivity contribution >= 4 is 11.6 Å². The molecule has 0 radical (unpaired) electrons. The number of imidazole rings is 1. The quantitative estimate of drug-likeness (QED) is 0.798. The first-order chi connectivity index (χ1) is 12.2. The number of fused-ring (bicyclic) bond motifs is 3. The molecule has 128 valence electrons. The molecule has 4 rings (SSSR count). The average molecular weight is 336 g/mol. The van der Waals surface area contributed by atoms with Gasteiger partial charge in [0, 0.05) is 30.8 Å². The SMILES string of the molecule is CCOc1ccc(C2CC(=O)NCc3nc4cc(C)ccn4c32)cn1. The molecule has 6 heteroatoms. The van der Waals surface area contributed by atoms with E-state index < -0.39 is 0 Å². The fourth-order valence-corrected chi connectivity index (χ4v) is 3.36. The molecular weight excluding hydrogens is 316 g/mol. The highest BCUT2D eigenvalue weighted by Crippen LogP contribution is 2.33. The van der Waals surface area contributed by atoms with Gasteiger partial charge < -0.3 is 14.5 Å². The Labute approximate surface area is 145 Å². The highest BCUT2D eigenvalue weighted by Gasteiger charge is 2.29. The highest BCUT2D eigenvalue weighted by atomic mass is 16.5. The lowest BCUT2D eigenvalue weighted by atomic mass is 9.93. The van der Waals surface area contributed by atoms with E-state index in [1.165, 1.54) is 0 Å². The van der Waals surface area contributed by atoms with Gasteiger partial charge in [0.2, 0.25) is 11.8 Å². The van der Waals surface area contributed by atoms with Gasteiger partial charge in [-0.3, -0.25) is 4.79 Å². The summed E-state index contributed by atoms with van der Waals surface area (Å²) in [5.41, 5.74) is 5.03. The van der Waals surface area contributed by atoms with Crippen molar-refractivity contribution in [2.45, 2.75) is 32.7 Å². The Morgan fingerprint density at radius 1 is 1.36 bits per heavy atom. The number of carbonyl (C=O) groups excluding carboxylic acids is 1. The number of carbonyl (C=O) groups is 1. The molecule has 1 aliphatic rings. The molecule has 0 aliphatic carbocycles. The Bertz CT molecular complexity index is 930. The maximum absolute atomic E-state index is 12.2. The number of pyridine rings is 2. The van der Waals surface area contributed by atoms with E-state index in [1.807, 2.05) is 25.3 Å². The van der Waals surface area contributed by atoms with Crippen molar-refractivity contribution in [3.05, 3.63) is 59.2 Å². The Morgan fingerprint density at radius 3 is 3.00 bits per heavy atom. The van der Waals surface area contributed by atoms with Crippen LogP contribution >= 0.6 is 0 Å². The number of hydrogen-bond acceptors (Lipinski definition) is 4. The van der Waals surface area contributed by atoms with Crippen molar-refractivity contribution in [1.82, 2.24) is 19.7 Å². The molecule has 25 heavy (non-hydrogen) atoms. The third kappa shape index (κ3) is 2.84. The Hall–Kier alpha value is -2.89. The molecule has 0 spiro atoms. The van der Waals surface area contributed by atoms with Crippen molar-refractivity contribution in [2.75, 3.05) is 6.61 Å². The molecule has 6 nitrogen and oxygen atoms in total. The van der Waals surface area contributed by atoms with Crippen LogP contribution in [0.2, 0.25) is 0 Å². The Morgan fingerprint density at radius 2 is 2.24 bits per heavy atom. The van der Waals surface area contributed by atoms with Crippen molar-refractivity contribution < 1.29 is 9.53 Å². The zero-order chi connectivity index (χ0) is 17.4. The van der Waals surface area contributed by atoms with E-state index >= 15 is 0 Å². The maximum atomic E-state index is 12.2. The number of ether oxygens (including phenoxy) is 1. The van der Waals surface area contributed by atoms with Gasteiger partial charge in [-0.15, -0.1) is 0 Å². The number of nitrogens with one attached hydrogen (secondary N) is 1. The second kappa shape index (κ2) is 6.20. The van der Waals surface area contributed by atoms with Gasteiger partial charge in [-0.2, -0.15) is 0 Å². The van der Waals surface area contributed by atoms with E-state index in [-0.39, 0.29) is 11.8 Å². The smallest absolute Gasteiger partial charge is 0.221 e. The summed E-state index contributed by atoms with van der Waals surface area (Å²) in [4.78, 5) is 21.3. The van der Waals surface area contributed by atoms with Crippen LogP contribution in [-0.4, -0.2) is 26.9 Å². The van der Waals surface area contributed by atoms with E-state index in [0.29, 0.717) is 25.5 Å². The molecule has 1 atom stereocenters. The van der Waals surface area contributed by atoms with Crippen molar-refractivity contribution in [3.8, 4) is 5.88 Å². The van der Waals surface area contributed by atoms with Gasteiger partial charge >= 0.3 is 0 Å². The van der Waals surface area contributed by atoms with Gasteiger partial charge in [0.25, 0.3) is 0 Å². The third-order valence-corrected chi connectivity index (χ3v) is 4.52. The fraction of sp³-hybridized carbons (Fsp3) is 0.316. The lowest BCUT2D eigenvalue weighted by molar-refractivity contribution is -0.121. The molecule has 0 fully saturated rings. The summed E-state index contributed by atoms with van der Waals surface area (Å²) >= 11 is 0. The van der Waals surface area contributed by atoms with Gasteiger partial charge in [-0.1, -0.05) is 6.07 Å². The maximum Gasteiger partial charge on any atom is 0.221 e. The summed E-state index contributed by atoms with van der Waals surface area (Å²) in [6.07, 6.45) is 4.21. The molecule has 1 amide bonds. The molecule has 0 aromatic carbocycles. The fourth-order valence-electron chi connectivity index (χ4n) is 3.36. The topological polar surface area (TPSA) is 68.5 Å². The first-order valence-electron chi connectivity index (χ1n) is 8.48. The van der Waals surface area contributed by atoms with Gasteiger partial charge in [0.1, 0.15) is 5.65 Å². The van der Waals surface area contributed by atoms with Crippen LogP contribution < -0.4 is 10.1 Å². The zero-order valence-corrected chi connectivity index (χ0v) is 14.3. The summed E-state index contributed by atoms with van der Waals surface area (Å²) in [5.74, 6) is 0.537.